The maximum Gasteiger partial charge on any atom is 0.248 e. The van der Waals surface area contributed by atoms with E-state index >= 15 is 0 Å². The Balaban J connectivity index is 1.57. The molecule has 2 fully saturated rings. The van der Waals surface area contributed by atoms with Gasteiger partial charge in [0.2, 0.25) is 11.8 Å². The highest BCUT2D eigenvalue weighted by Gasteiger charge is 2.64. The standard InChI is InChI=1S/C21H29N3O2/c1-14(2)24-18(21(20(24)26)10-4-5-11-21)19(25)22-16-9-8-15-7-6-12-23(3)17(15)13-16/h8-9,13-14,18H,4-7,10-12H2,1-3H3,(H,22,25). The molecule has 5 heteroatoms. The molecule has 1 aromatic carbocycles. The number of hydrogen-bond acceptors (Lipinski definition) is 3. The number of likely N-dealkylation sites (tertiary alicyclic amines) is 1. The van der Waals surface area contributed by atoms with E-state index in [0.717, 1.165) is 44.3 Å². The van der Waals surface area contributed by atoms with Crippen molar-refractivity contribution in [1.29, 1.82) is 0 Å². The minimum atomic E-state index is -0.445. The Kier molecular flexibility index (Phi) is 4.20. The van der Waals surface area contributed by atoms with E-state index < -0.39 is 5.41 Å². The first-order valence-electron chi connectivity index (χ1n) is 9.92. The number of amides is 2. The highest BCUT2D eigenvalue weighted by atomic mass is 16.2. The lowest BCUT2D eigenvalue weighted by Gasteiger charge is -2.55. The summed E-state index contributed by atoms with van der Waals surface area (Å²) in [4.78, 5) is 29.9. The van der Waals surface area contributed by atoms with Gasteiger partial charge < -0.3 is 15.1 Å². The number of rotatable bonds is 3. The maximum absolute atomic E-state index is 13.1. The first-order chi connectivity index (χ1) is 12.4. The van der Waals surface area contributed by atoms with Crippen LogP contribution in [0.4, 0.5) is 11.4 Å². The zero-order valence-corrected chi connectivity index (χ0v) is 16.0. The van der Waals surface area contributed by atoms with Crippen molar-refractivity contribution in [3.05, 3.63) is 23.8 Å². The quantitative estimate of drug-likeness (QED) is 0.847. The first-order valence-corrected chi connectivity index (χ1v) is 9.92. The lowest BCUT2D eigenvalue weighted by molar-refractivity contribution is -0.179. The Morgan fingerprint density at radius 2 is 1.96 bits per heavy atom. The highest BCUT2D eigenvalue weighted by molar-refractivity contribution is 6.07. The highest BCUT2D eigenvalue weighted by Crippen LogP contribution is 2.52. The zero-order valence-electron chi connectivity index (χ0n) is 16.0. The minimum Gasteiger partial charge on any atom is -0.374 e. The smallest absolute Gasteiger partial charge is 0.248 e. The summed E-state index contributed by atoms with van der Waals surface area (Å²) in [5, 5.41) is 3.11. The van der Waals surface area contributed by atoms with Gasteiger partial charge >= 0.3 is 0 Å². The van der Waals surface area contributed by atoms with E-state index in [2.05, 4.69) is 29.4 Å². The number of anilines is 2. The molecule has 5 nitrogen and oxygen atoms in total. The third kappa shape index (κ3) is 2.51. The lowest BCUT2D eigenvalue weighted by atomic mass is 9.68. The lowest BCUT2D eigenvalue weighted by Crippen LogP contribution is -2.73. The molecule has 140 valence electrons. The third-order valence-electron chi connectivity index (χ3n) is 6.47. The maximum atomic E-state index is 13.1. The van der Waals surface area contributed by atoms with E-state index in [1.165, 1.54) is 17.7 Å². The van der Waals surface area contributed by atoms with Crippen molar-refractivity contribution >= 4 is 23.2 Å². The van der Waals surface area contributed by atoms with Crippen LogP contribution in [0.3, 0.4) is 0 Å². The van der Waals surface area contributed by atoms with Crippen LogP contribution in [0.25, 0.3) is 0 Å². The minimum absolute atomic E-state index is 0.0291. The largest absolute Gasteiger partial charge is 0.374 e. The van der Waals surface area contributed by atoms with Crippen LogP contribution in [0.2, 0.25) is 0 Å². The molecule has 1 N–H and O–H groups in total. The molecule has 0 radical (unpaired) electrons. The van der Waals surface area contributed by atoms with Crippen LogP contribution in [0, 0.1) is 5.41 Å². The fourth-order valence-electron chi connectivity index (χ4n) is 5.14. The molecular formula is C21H29N3O2. The second-order valence-corrected chi connectivity index (χ2v) is 8.43. The van der Waals surface area contributed by atoms with E-state index in [9.17, 15) is 9.59 Å². The van der Waals surface area contributed by atoms with E-state index in [1.54, 1.807) is 4.90 Å². The van der Waals surface area contributed by atoms with Gasteiger partial charge in [0.15, 0.2) is 0 Å². The predicted molar refractivity (Wildman–Crippen MR) is 103 cm³/mol. The van der Waals surface area contributed by atoms with Gasteiger partial charge in [-0.3, -0.25) is 9.59 Å². The fraction of sp³-hybridized carbons (Fsp3) is 0.619. The van der Waals surface area contributed by atoms with E-state index in [4.69, 9.17) is 0 Å². The monoisotopic (exact) mass is 355 g/mol. The van der Waals surface area contributed by atoms with Crippen LogP contribution >= 0.6 is 0 Å². The second-order valence-electron chi connectivity index (χ2n) is 8.43. The summed E-state index contributed by atoms with van der Waals surface area (Å²) in [7, 11) is 2.10. The summed E-state index contributed by atoms with van der Waals surface area (Å²) >= 11 is 0. The van der Waals surface area contributed by atoms with Gasteiger partial charge in [0.1, 0.15) is 6.04 Å². The van der Waals surface area contributed by atoms with Gasteiger partial charge in [-0.15, -0.1) is 0 Å². The molecule has 0 aromatic heterocycles. The average Bonchev–Trinajstić information content (AvgIpc) is 3.11. The summed E-state index contributed by atoms with van der Waals surface area (Å²) in [6, 6.07) is 5.93. The summed E-state index contributed by atoms with van der Waals surface area (Å²) in [5.74, 6) is 0.147. The van der Waals surface area contributed by atoms with Crippen molar-refractivity contribution in [2.75, 3.05) is 23.8 Å². The molecule has 1 spiro atoms. The first kappa shape index (κ1) is 17.4. The number of benzene rings is 1. The second kappa shape index (κ2) is 6.29. The van der Waals surface area contributed by atoms with Gasteiger partial charge in [-0.25, -0.2) is 0 Å². The molecule has 4 rings (SSSR count). The van der Waals surface area contributed by atoms with Crippen LogP contribution in [-0.2, 0) is 16.0 Å². The van der Waals surface area contributed by atoms with E-state index in [1.807, 2.05) is 19.9 Å². The van der Waals surface area contributed by atoms with Gasteiger partial charge in [-0.1, -0.05) is 18.9 Å². The number of hydrogen-bond donors (Lipinski definition) is 1. The van der Waals surface area contributed by atoms with Crippen molar-refractivity contribution in [2.24, 2.45) is 5.41 Å². The average molecular weight is 355 g/mol. The van der Waals surface area contributed by atoms with Crippen molar-refractivity contribution in [1.82, 2.24) is 4.90 Å². The molecule has 26 heavy (non-hydrogen) atoms. The number of fused-ring (bicyclic) bond motifs is 1. The fourth-order valence-corrected chi connectivity index (χ4v) is 5.14. The summed E-state index contributed by atoms with van der Waals surface area (Å²) in [6.45, 7) is 5.04. The number of carbonyl (C=O) groups excluding carboxylic acids is 2. The van der Waals surface area contributed by atoms with Crippen LogP contribution in [0.15, 0.2) is 18.2 Å². The number of nitrogens with zero attached hydrogens (tertiary/aromatic N) is 2. The van der Waals surface area contributed by atoms with Crippen LogP contribution < -0.4 is 10.2 Å². The number of β-lactam (4-membered cyclic amide) rings is 1. The predicted octanol–water partition coefficient (Wildman–Crippen LogP) is 3.19. The summed E-state index contributed by atoms with van der Waals surface area (Å²) in [5.41, 5.74) is 2.93. The molecule has 1 unspecified atom stereocenters. The Bertz CT molecular complexity index is 737. The Morgan fingerprint density at radius 1 is 1.23 bits per heavy atom. The molecule has 1 atom stereocenters. The topological polar surface area (TPSA) is 52.7 Å². The molecule has 1 aromatic rings. The summed E-state index contributed by atoms with van der Waals surface area (Å²) < 4.78 is 0. The van der Waals surface area contributed by atoms with Crippen molar-refractivity contribution < 1.29 is 9.59 Å². The number of nitrogens with one attached hydrogen (secondary N) is 1. The number of carbonyl (C=O) groups is 2. The zero-order chi connectivity index (χ0) is 18.5. The molecule has 0 bridgehead atoms. The van der Waals surface area contributed by atoms with Gasteiger partial charge in [-0.05, 0) is 57.2 Å². The van der Waals surface area contributed by atoms with Gasteiger partial charge in [-0.2, -0.15) is 0 Å². The van der Waals surface area contributed by atoms with Gasteiger partial charge in [0.05, 0.1) is 5.41 Å². The van der Waals surface area contributed by atoms with Crippen molar-refractivity contribution in [3.8, 4) is 0 Å². The Hall–Kier alpha value is -2.04. The number of aryl methyl sites for hydroxylation is 1. The molecule has 1 aliphatic carbocycles. The molecule has 2 amide bonds. The molecule has 1 saturated carbocycles. The van der Waals surface area contributed by atoms with Crippen LogP contribution in [0.5, 0.6) is 0 Å². The van der Waals surface area contributed by atoms with E-state index in [-0.39, 0.29) is 23.9 Å². The SMILES string of the molecule is CC(C)N1C(=O)C2(CCCC2)C1C(=O)Nc1ccc2c(c1)N(C)CCC2. The third-order valence-corrected chi connectivity index (χ3v) is 6.47. The Morgan fingerprint density at radius 3 is 2.65 bits per heavy atom. The van der Waals surface area contributed by atoms with Gasteiger partial charge in [0, 0.05) is 31.0 Å². The molecule has 1 saturated heterocycles. The van der Waals surface area contributed by atoms with Crippen LogP contribution in [-0.4, -0.2) is 42.4 Å². The van der Waals surface area contributed by atoms with Gasteiger partial charge in [0.25, 0.3) is 0 Å². The molecule has 2 heterocycles. The van der Waals surface area contributed by atoms with Crippen molar-refractivity contribution in [2.45, 2.75) is 64.5 Å². The van der Waals surface area contributed by atoms with Crippen LogP contribution in [0.1, 0.15) is 51.5 Å². The normalized spacial score (nSPS) is 24.0. The molecule has 2 aliphatic heterocycles. The molecule has 3 aliphatic rings. The summed E-state index contributed by atoms with van der Waals surface area (Å²) in [6.07, 6.45) is 6.05. The van der Waals surface area contributed by atoms with E-state index in [0.29, 0.717) is 0 Å². The Labute approximate surface area is 155 Å². The molecular weight excluding hydrogens is 326 g/mol. The van der Waals surface area contributed by atoms with Crippen molar-refractivity contribution in [3.63, 3.8) is 0 Å².